The number of carbonyl (C=O) groups excluding carboxylic acids is 4. The van der Waals surface area contributed by atoms with Crippen molar-refractivity contribution in [3.05, 3.63) is 22.7 Å². The van der Waals surface area contributed by atoms with E-state index in [0.29, 0.717) is 25.7 Å². The first kappa shape index (κ1) is 18.7. The summed E-state index contributed by atoms with van der Waals surface area (Å²) in [5, 5.41) is 20.7. The largest absolute Gasteiger partial charge is 0.502 e. The second-order valence-electron chi connectivity index (χ2n) is 7.99. The van der Waals surface area contributed by atoms with E-state index in [9.17, 15) is 29.4 Å². The molecule has 8 nitrogen and oxygen atoms in total. The average molecular weight is 388 g/mol. The molecule has 0 bridgehead atoms. The summed E-state index contributed by atoms with van der Waals surface area (Å²) in [4.78, 5) is 53.0. The highest BCUT2D eigenvalue weighted by molar-refractivity contribution is 6.30. The Hall–Kier alpha value is -2.64. The number of nitrogens with zero attached hydrogens (tertiary/aromatic N) is 2. The van der Waals surface area contributed by atoms with Gasteiger partial charge in [0.1, 0.15) is 11.1 Å². The van der Waals surface area contributed by atoms with E-state index < -0.39 is 46.3 Å². The van der Waals surface area contributed by atoms with Crippen molar-refractivity contribution >= 4 is 23.6 Å². The lowest BCUT2D eigenvalue weighted by Gasteiger charge is -2.30. The van der Waals surface area contributed by atoms with Gasteiger partial charge in [-0.3, -0.25) is 29.0 Å². The van der Waals surface area contributed by atoms with Gasteiger partial charge in [-0.25, -0.2) is 0 Å². The van der Waals surface area contributed by atoms with Gasteiger partial charge in [0.15, 0.2) is 11.5 Å². The Kier molecular flexibility index (Phi) is 4.72. The Morgan fingerprint density at radius 1 is 0.536 bits per heavy atom. The van der Waals surface area contributed by atoms with Crippen molar-refractivity contribution in [2.45, 2.75) is 76.3 Å². The van der Waals surface area contributed by atoms with Gasteiger partial charge < -0.3 is 10.2 Å². The van der Waals surface area contributed by atoms with Gasteiger partial charge in [0.25, 0.3) is 23.6 Å². The fraction of sp³-hybridized carbons (Fsp3) is 0.600. The van der Waals surface area contributed by atoms with Crippen LogP contribution >= 0.6 is 0 Å². The van der Waals surface area contributed by atoms with Crippen LogP contribution in [0.15, 0.2) is 22.7 Å². The topological polar surface area (TPSA) is 115 Å². The van der Waals surface area contributed by atoms with E-state index in [1.165, 1.54) is 0 Å². The SMILES string of the molecule is O=C1C(O)=C(C2=C(O)C(=O)N(C3CCCCC3)C2=O)C(=O)N1C1CCCCC1. The number of hydrogen-bond acceptors (Lipinski definition) is 6. The molecule has 4 rings (SSSR count). The number of amides is 4. The van der Waals surface area contributed by atoms with Gasteiger partial charge in [-0.05, 0) is 25.7 Å². The smallest absolute Gasteiger partial charge is 0.296 e. The van der Waals surface area contributed by atoms with Crippen LogP contribution in [0.25, 0.3) is 0 Å². The third kappa shape index (κ3) is 2.73. The van der Waals surface area contributed by atoms with Crippen LogP contribution < -0.4 is 0 Å². The molecule has 2 fully saturated rings. The van der Waals surface area contributed by atoms with Crippen molar-refractivity contribution in [2.75, 3.05) is 0 Å². The lowest BCUT2D eigenvalue weighted by Crippen LogP contribution is -2.43. The molecule has 0 aromatic heterocycles. The quantitative estimate of drug-likeness (QED) is 0.715. The predicted octanol–water partition coefficient (Wildman–Crippen LogP) is 2.01. The molecule has 0 spiro atoms. The molecule has 2 aliphatic heterocycles. The number of rotatable bonds is 3. The van der Waals surface area contributed by atoms with Crippen molar-refractivity contribution in [1.82, 2.24) is 9.80 Å². The maximum atomic E-state index is 13.0. The zero-order chi connectivity index (χ0) is 20.0. The van der Waals surface area contributed by atoms with Crippen LogP contribution in [0.1, 0.15) is 64.2 Å². The summed E-state index contributed by atoms with van der Waals surface area (Å²) in [6.07, 6.45) is 8.11. The minimum atomic E-state index is -0.858. The van der Waals surface area contributed by atoms with Gasteiger partial charge in [0, 0.05) is 12.1 Å². The zero-order valence-corrected chi connectivity index (χ0v) is 15.6. The molecule has 0 unspecified atom stereocenters. The normalized spacial score (nSPS) is 25.7. The summed E-state index contributed by atoms with van der Waals surface area (Å²) in [5.74, 6) is -5.04. The fourth-order valence-electron chi connectivity index (χ4n) is 4.86. The van der Waals surface area contributed by atoms with Gasteiger partial charge in [0.2, 0.25) is 0 Å². The molecule has 0 aromatic carbocycles. The molecule has 2 aliphatic carbocycles. The summed E-state index contributed by atoms with van der Waals surface area (Å²) in [5.41, 5.74) is -1.07. The molecule has 28 heavy (non-hydrogen) atoms. The number of carbonyl (C=O) groups is 4. The molecule has 4 aliphatic rings. The Morgan fingerprint density at radius 3 is 1.18 bits per heavy atom. The third-order valence-corrected chi connectivity index (χ3v) is 6.31. The fourth-order valence-corrected chi connectivity index (χ4v) is 4.86. The number of imide groups is 2. The number of hydrogen-bond donors (Lipinski definition) is 2. The van der Waals surface area contributed by atoms with E-state index in [4.69, 9.17) is 0 Å². The molecule has 0 aromatic rings. The Morgan fingerprint density at radius 2 is 0.857 bits per heavy atom. The third-order valence-electron chi connectivity index (χ3n) is 6.31. The molecule has 2 heterocycles. The molecule has 2 saturated carbocycles. The highest BCUT2D eigenvalue weighted by atomic mass is 16.3. The van der Waals surface area contributed by atoms with E-state index in [-0.39, 0.29) is 12.1 Å². The highest BCUT2D eigenvalue weighted by Crippen LogP contribution is 2.37. The second kappa shape index (κ2) is 7.07. The zero-order valence-electron chi connectivity index (χ0n) is 15.6. The summed E-state index contributed by atoms with van der Waals surface area (Å²) in [7, 11) is 0. The molecule has 0 saturated heterocycles. The number of aliphatic hydroxyl groups excluding tert-OH is 2. The van der Waals surface area contributed by atoms with Crippen LogP contribution in [-0.4, -0.2) is 55.7 Å². The second-order valence-corrected chi connectivity index (χ2v) is 7.99. The molecule has 150 valence electrons. The Bertz CT molecular complexity index is 747. The van der Waals surface area contributed by atoms with Crippen molar-refractivity contribution in [2.24, 2.45) is 0 Å². The molecule has 4 amide bonds. The first-order valence-corrected chi connectivity index (χ1v) is 10.1. The highest BCUT2D eigenvalue weighted by Gasteiger charge is 2.51. The lowest BCUT2D eigenvalue weighted by molar-refractivity contribution is -0.144. The summed E-state index contributed by atoms with van der Waals surface area (Å²) >= 11 is 0. The molecule has 8 heteroatoms. The van der Waals surface area contributed by atoms with E-state index in [1.54, 1.807) is 0 Å². The van der Waals surface area contributed by atoms with E-state index in [2.05, 4.69) is 0 Å². The van der Waals surface area contributed by atoms with Gasteiger partial charge in [-0.15, -0.1) is 0 Å². The van der Waals surface area contributed by atoms with Gasteiger partial charge in [-0.1, -0.05) is 38.5 Å². The maximum absolute atomic E-state index is 13.0. The van der Waals surface area contributed by atoms with Crippen molar-refractivity contribution in [1.29, 1.82) is 0 Å². The standard InChI is InChI=1S/C20H24N2O6/c23-15-13(17(25)21(19(15)27)11-7-3-1-4-8-11)14-16(24)20(28)22(18(14)26)12-9-5-2-6-10-12/h11-12,23-24H,1-10H2. The van der Waals surface area contributed by atoms with Crippen LogP contribution in [0.3, 0.4) is 0 Å². The first-order chi connectivity index (χ1) is 13.4. The molecule has 0 atom stereocenters. The van der Waals surface area contributed by atoms with E-state index >= 15 is 0 Å². The van der Waals surface area contributed by atoms with Crippen LogP contribution in [0.2, 0.25) is 0 Å². The van der Waals surface area contributed by atoms with E-state index in [0.717, 1.165) is 48.3 Å². The van der Waals surface area contributed by atoms with Gasteiger partial charge in [-0.2, -0.15) is 0 Å². The Balaban J connectivity index is 1.65. The molecule has 0 radical (unpaired) electrons. The first-order valence-electron chi connectivity index (χ1n) is 10.1. The summed E-state index contributed by atoms with van der Waals surface area (Å²) in [6, 6.07) is -0.671. The monoisotopic (exact) mass is 388 g/mol. The van der Waals surface area contributed by atoms with Crippen LogP contribution in [0, 0.1) is 0 Å². The van der Waals surface area contributed by atoms with Gasteiger partial charge in [0.05, 0.1) is 0 Å². The summed E-state index contributed by atoms with van der Waals surface area (Å²) < 4.78 is 0. The molecular formula is C20H24N2O6. The van der Waals surface area contributed by atoms with Gasteiger partial charge >= 0.3 is 0 Å². The number of aliphatic hydroxyl groups is 2. The van der Waals surface area contributed by atoms with Crippen LogP contribution in [0.5, 0.6) is 0 Å². The van der Waals surface area contributed by atoms with Crippen molar-refractivity contribution in [3.63, 3.8) is 0 Å². The molecular weight excluding hydrogens is 364 g/mol. The lowest BCUT2D eigenvalue weighted by atomic mass is 9.93. The summed E-state index contributed by atoms with van der Waals surface area (Å²) in [6.45, 7) is 0. The molecule has 2 N–H and O–H groups in total. The minimum absolute atomic E-state index is 0.335. The van der Waals surface area contributed by atoms with Crippen molar-refractivity contribution in [3.8, 4) is 0 Å². The predicted molar refractivity (Wildman–Crippen MR) is 96.8 cm³/mol. The minimum Gasteiger partial charge on any atom is -0.502 e. The van der Waals surface area contributed by atoms with Crippen molar-refractivity contribution < 1.29 is 29.4 Å². The van der Waals surface area contributed by atoms with E-state index in [1.807, 2.05) is 0 Å². The average Bonchev–Trinajstić information content (AvgIpc) is 3.06. The Labute approximate surface area is 162 Å². The maximum Gasteiger partial charge on any atom is 0.296 e. The van der Waals surface area contributed by atoms with Crippen LogP contribution in [0.4, 0.5) is 0 Å². The van der Waals surface area contributed by atoms with Crippen LogP contribution in [-0.2, 0) is 19.2 Å².